The van der Waals surface area contributed by atoms with Gasteiger partial charge in [-0.05, 0) is 12.2 Å². The first-order chi connectivity index (χ1) is 7.27. The van der Waals surface area contributed by atoms with Crippen LogP contribution in [0.2, 0.25) is 0 Å². The van der Waals surface area contributed by atoms with Gasteiger partial charge in [0.1, 0.15) is 15.2 Å². The highest BCUT2D eigenvalue weighted by molar-refractivity contribution is 9.12. The topological polar surface area (TPSA) is 55.2 Å². The van der Waals surface area contributed by atoms with E-state index in [1.165, 1.54) is 0 Å². The number of hydrogen-bond donors (Lipinski definition) is 1. The third-order valence-corrected chi connectivity index (χ3v) is 5.10. The van der Waals surface area contributed by atoms with Gasteiger partial charge in [-0.1, -0.05) is 43.5 Å². The number of nitrogens with one attached hydrogen (secondary N) is 1. The summed E-state index contributed by atoms with van der Waals surface area (Å²) < 4.78 is -0.407. The lowest BCUT2D eigenvalue weighted by molar-refractivity contribution is -0.549. The zero-order chi connectivity index (χ0) is 12.5. The molecular weight excluding hydrogens is 410 g/mol. The summed E-state index contributed by atoms with van der Waals surface area (Å²) in [5, 5.41) is 10.0. The van der Waals surface area contributed by atoms with E-state index in [9.17, 15) is 10.1 Å². The SMILES string of the molecule is O=[N+]([O-])NC1C(Cl)=CC(Br)=CC1(Br)C(Cl)Cl. The molecule has 0 aromatic rings. The van der Waals surface area contributed by atoms with Gasteiger partial charge in [0, 0.05) is 9.51 Å². The van der Waals surface area contributed by atoms with Crippen molar-refractivity contribution in [2.24, 2.45) is 0 Å². The predicted octanol–water partition coefficient (Wildman–Crippen LogP) is 3.49. The van der Waals surface area contributed by atoms with Crippen molar-refractivity contribution in [3.8, 4) is 0 Å². The standard InChI is InChI=1S/C7H5Br2Cl3N2O2/c8-3-1-4(10)5(13-14(15)16)7(9,2-3)6(11)12/h1-2,5-6,13H. The second-order valence-corrected chi connectivity index (χ2v) is 6.83. The van der Waals surface area contributed by atoms with Crippen LogP contribution < -0.4 is 5.43 Å². The van der Waals surface area contributed by atoms with Crippen LogP contribution >= 0.6 is 66.7 Å². The number of hydrazine groups is 1. The van der Waals surface area contributed by atoms with E-state index < -0.39 is 20.2 Å². The van der Waals surface area contributed by atoms with Crippen molar-refractivity contribution in [2.45, 2.75) is 15.2 Å². The molecule has 2 atom stereocenters. The van der Waals surface area contributed by atoms with Gasteiger partial charge in [0.15, 0.2) is 5.03 Å². The van der Waals surface area contributed by atoms with Crippen LogP contribution in [-0.2, 0) is 0 Å². The van der Waals surface area contributed by atoms with E-state index in [0.29, 0.717) is 4.48 Å². The summed E-state index contributed by atoms with van der Waals surface area (Å²) in [7, 11) is 0. The fraction of sp³-hybridized carbons (Fsp3) is 0.429. The summed E-state index contributed by atoms with van der Waals surface area (Å²) in [5.41, 5.74) is 2.06. The number of hydrogen-bond acceptors (Lipinski definition) is 2. The molecule has 0 saturated heterocycles. The first-order valence-corrected chi connectivity index (χ1v) is 6.74. The second kappa shape index (κ2) is 5.44. The highest BCUT2D eigenvalue weighted by Gasteiger charge is 2.46. The first-order valence-electron chi connectivity index (χ1n) is 3.90. The molecule has 16 heavy (non-hydrogen) atoms. The molecule has 0 radical (unpaired) electrons. The summed E-state index contributed by atoms with van der Waals surface area (Å²) >= 11 is 24.0. The molecule has 0 amide bonds. The third-order valence-electron chi connectivity index (χ3n) is 1.92. The van der Waals surface area contributed by atoms with Crippen LogP contribution in [-0.4, -0.2) is 20.2 Å². The van der Waals surface area contributed by atoms with E-state index in [1.54, 1.807) is 12.2 Å². The molecule has 1 N–H and O–H groups in total. The fourth-order valence-corrected chi connectivity index (χ4v) is 3.73. The second-order valence-electron chi connectivity index (χ2n) is 3.01. The van der Waals surface area contributed by atoms with Crippen LogP contribution in [0.1, 0.15) is 0 Å². The van der Waals surface area contributed by atoms with Crippen LogP contribution in [0.3, 0.4) is 0 Å². The van der Waals surface area contributed by atoms with Crippen LogP contribution in [0.4, 0.5) is 0 Å². The molecule has 1 rings (SSSR count). The maximum Gasteiger partial charge on any atom is 0.158 e. The number of nitro groups is 1. The van der Waals surface area contributed by atoms with E-state index in [4.69, 9.17) is 34.8 Å². The van der Waals surface area contributed by atoms with Crippen molar-refractivity contribution in [3.05, 3.63) is 31.8 Å². The number of nitrogens with zero attached hydrogens (tertiary/aromatic N) is 1. The lowest BCUT2D eigenvalue weighted by atomic mass is 9.97. The Morgan fingerprint density at radius 1 is 1.62 bits per heavy atom. The predicted molar refractivity (Wildman–Crippen MR) is 72.0 cm³/mol. The van der Waals surface area contributed by atoms with E-state index in [1.807, 2.05) is 0 Å². The fourth-order valence-electron chi connectivity index (χ4n) is 1.22. The minimum absolute atomic E-state index is 0.231. The van der Waals surface area contributed by atoms with Gasteiger partial charge in [-0.25, -0.2) is 10.1 Å². The van der Waals surface area contributed by atoms with Crippen molar-refractivity contribution in [1.82, 2.24) is 5.43 Å². The van der Waals surface area contributed by atoms with Gasteiger partial charge in [-0.15, -0.1) is 28.6 Å². The van der Waals surface area contributed by atoms with E-state index in [0.717, 1.165) is 0 Å². The van der Waals surface area contributed by atoms with Gasteiger partial charge in [0.05, 0.1) is 0 Å². The molecule has 1 aliphatic carbocycles. The summed E-state index contributed by atoms with van der Waals surface area (Å²) in [6, 6.07) is -0.842. The van der Waals surface area contributed by atoms with Gasteiger partial charge in [0.25, 0.3) is 0 Å². The molecule has 0 bridgehead atoms. The molecule has 90 valence electrons. The molecule has 2 unspecified atom stereocenters. The quantitative estimate of drug-likeness (QED) is 0.436. The molecule has 0 aromatic carbocycles. The van der Waals surface area contributed by atoms with Gasteiger partial charge < -0.3 is 0 Å². The summed E-state index contributed by atoms with van der Waals surface area (Å²) in [4.78, 5) is 9.56. The Morgan fingerprint density at radius 2 is 2.19 bits per heavy atom. The molecule has 0 fully saturated rings. The Hall–Kier alpha value is 0.510. The third kappa shape index (κ3) is 3.04. The van der Waals surface area contributed by atoms with Crippen molar-refractivity contribution in [2.75, 3.05) is 0 Å². The van der Waals surface area contributed by atoms with Gasteiger partial charge >= 0.3 is 0 Å². The number of rotatable bonds is 3. The molecule has 0 saturated carbocycles. The van der Waals surface area contributed by atoms with E-state index in [2.05, 4.69) is 37.3 Å². The highest BCUT2D eigenvalue weighted by atomic mass is 79.9. The monoisotopic (exact) mass is 412 g/mol. The lowest BCUT2D eigenvalue weighted by Crippen LogP contribution is -2.52. The van der Waals surface area contributed by atoms with Gasteiger partial charge in [-0.2, -0.15) is 0 Å². The average Bonchev–Trinajstić information content (AvgIpc) is 2.10. The highest BCUT2D eigenvalue weighted by Crippen LogP contribution is 2.43. The Kier molecular flexibility index (Phi) is 4.95. The van der Waals surface area contributed by atoms with Crippen LogP contribution in [0, 0.1) is 10.1 Å². The molecule has 0 heterocycles. The average molecular weight is 415 g/mol. The van der Waals surface area contributed by atoms with Crippen LogP contribution in [0.15, 0.2) is 21.7 Å². The van der Waals surface area contributed by atoms with Crippen molar-refractivity contribution in [1.29, 1.82) is 0 Å². The zero-order valence-corrected chi connectivity index (χ0v) is 12.9. The van der Waals surface area contributed by atoms with Crippen molar-refractivity contribution < 1.29 is 5.03 Å². The summed E-state index contributed by atoms with van der Waals surface area (Å²) in [5.74, 6) is 0. The lowest BCUT2D eigenvalue weighted by Gasteiger charge is -2.34. The molecular formula is C7H5Br2Cl3N2O2. The number of halogens is 5. The minimum Gasteiger partial charge on any atom is -0.235 e. The minimum atomic E-state index is -1.05. The maximum absolute atomic E-state index is 10.5. The molecule has 0 aliphatic heterocycles. The van der Waals surface area contributed by atoms with Crippen LogP contribution in [0.25, 0.3) is 0 Å². The Balaban J connectivity index is 3.12. The largest absolute Gasteiger partial charge is 0.235 e. The summed E-state index contributed by atoms with van der Waals surface area (Å²) in [6.45, 7) is 0. The molecule has 0 spiro atoms. The smallest absolute Gasteiger partial charge is 0.158 e. The van der Waals surface area contributed by atoms with Crippen molar-refractivity contribution in [3.63, 3.8) is 0 Å². The van der Waals surface area contributed by atoms with E-state index >= 15 is 0 Å². The maximum atomic E-state index is 10.5. The molecule has 1 aliphatic rings. The first kappa shape index (κ1) is 14.6. The van der Waals surface area contributed by atoms with Gasteiger partial charge in [-0.3, -0.25) is 0 Å². The zero-order valence-electron chi connectivity index (χ0n) is 7.46. The Bertz CT molecular complexity index is 375. The molecule has 4 nitrogen and oxygen atoms in total. The Labute approximate surface area is 123 Å². The Morgan fingerprint density at radius 3 is 2.62 bits per heavy atom. The van der Waals surface area contributed by atoms with E-state index in [-0.39, 0.29) is 5.03 Å². The van der Waals surface area contributed by atoms with Gasteiger partial charge in [0.2, 0.25) is 0 Å². The van der Waals surface area contributed by atoms with Crippen molar-refractivity contribution >= 4 is 66.7 Å². The summed E-state index contributed by atoms with van der Waals surface area (Å²) in [6.07, 6.45) is 3.16. The van der Waals surface area contributed by atoms with Crippen LogP contribution in [0.5, 0.6) is 0 Å². The molecule has 9 heteroatoms. The normalized spacial score (nSPS) is 29.8. The number of alkyl halides is 3. The molecule has 0 aromatic heterocycles. The number of allylic oxidation sites excluding steroid dienone is 2.